The fourth-order valence-corrected chi connectivity index (χ4v) is 13.7. The van der Waals surface area contributed by atoms with Crippen molar-refractivity contribution in [1.82, 2.24) is 0 Å². The second-order valence-corrected chi connectivity index (χ2v) is 31.0. The predicted molar refractivity (Wildman–Crippen MR) is 395 cm³/mol. The van der Waals surface area contributed by atoms with Crippen molar-refractivity contribution in [2.75, 3.05) is 39.6 Å². The monoisotopic (exact) mass is 1420 g/mol. The van der Waals surface area contributed by atoms with E-state index < -0.39 is 97.5 Å². The van der Waals surface area contributed by atoms with Crippen molar-refractivity contribution in [2.45, 2.75) is 438 Å². The molecule has 0 aromatic carbocycles. The first-order valence-electron chi connectivity index (χ1n) is 40.8. The van der Waals surface area contributed by atoms with Gasteiger partial charge in [0.05, 0.1) is 26.4 Å². The number of hydrogen-bond acceptors (Lipinski definition) is 15. The summed E-state index contributed by atoms with van der Waals surface area (Å²) in [4.78, 5) is 72.9. The van der Waals surface area contributed by atoms with Crippen molar-refractivity contribution >= 4 is 39.5 Å². The van der Waals surface area contributed by atoms with E-state index in [0.29, 0.717) is 25.7 Å². The van der Waals surface area contributed by atoms with Crippen LogP contribution in [0.1, 0.15) is 419 Å². The zero-order chi connectivity index (χ0) is 71.1. The molecule has 2 unspecified atom stereocenters. The van der Waals surface area contributed by atoms with Crippen LogP contribution in [-0.4, -0.2) is 96.7 Å². The number of hydrogen-bond donors (Lipinski definition) is 3. The Morgan fingerprint density at radius 3 is 0.608 bits per heavy atom. The molecule has 3 N–H and O–H groups in total. The molecule has 0 saturated carbocycles. The van der Waals surface area contributed by atoms with Crippen molar-refractivity contribution in [3.8, 4) is 0 Å². The van der Waals surface area contributed by atoms with Gasteiger partial charge in [0.15, 0.2) is 12.2 Å². The Balaban J connectivity index is 5.24. The summed E-state index contributed by atoms with van der Waals surface area (Å²) in [6.45, 7) is 5.02. The van der Waals surface area contributed by atoms with Crippen LogP contribution in [0.15, 0.2) is 0 Å². The van der Waals surface area contributed by atoms with Crippen LogP contribution in [0.5, 0.6) is 0 Å². The highest BCUT2D eigenvalue weighted by Gasteiger charge is 2.30. The number of carbonyl (C=O) groups is 4. The van der Waals surface area contributed by atoms with Gasteiger partial charge in [-0.25, -0.2) is 9.13 Å². The predicted octanol–water partition coefficient (Wildman–Crippen LogP) is 23.4. The van der Waals surface area contributed by atoms with Gasteiger partial charge in [-0.05, 0) is 25.7 Å². The fourth-order valence-electron chi connectivity index (χ4n) is 12.1. The molecule has 0 amide bonds. The average molecular weight is 1420 g/mol. The molecule has 0 saturated heterocycles. The van der Waals surface area contributed by atoms with E-state index in [-0.39, 0.29) is 25.7 Å². The number of aliphatic hydroxyl groups excluding tert-OH is 1. The number of phosphoric acid groups is 2. The molecule has 0 aliphatic carbocycles. The van der Waals surface area contributed by atoms with Gasteiger partial charge in [0, 0.05) is 25.7 Å². The molecule has 19 heteroatoms. The zero-order valence-electron chi connectivity index (χ0n) is 63.1. The summed E-state index contributed by atoms with van der Waals surface area (Å²) in [5.41, 5.74) is 0. The van der Waals surface area contributed by atoms with Crippen molar-refractivity contribution in [1.29, 1.82) is 0 Å². The Morgan fingerprint density at radius 2 is 0.412 bits per heavy atom. The molecular weight excluding hydrogens is 1270 g/mol. The number of esters is 4. The molecular formula is C78H152O17P2. The summed E-state index contributed by atoms with van der Waals surface area (Å²) in [5.74, 6) is -2.10. The van der Waals surface area contributed by atoms with Crippen molar-refractivity contribution in [2.24, 2.45) is 0 Å². The summed E-state index contributed by atoms with van der Waals surface area (Å²) in [7, 11) is -9.91. The van der Waals surface area contributed by atoms with E-state index in [1.165, 1.54) is 250 Å². The van der Waals surface area contributed by atoms with Crippen LogP contribution in [-0.2, 0) is 65.4 Å². The first kappa shape index (κ1) is 95.1. The number of carbonyl (C=O) groups excluding carboxylic acids is 4. The topological polar surface area (TPSA) is 237 Å². The van der Waals surface area contributed by atoms with E-state index in [9.17, 15) is 43.2 Å². The van der Waals surface area contributed by atoms with E-state index in [4.69, 9.17) is 37.0 Å². The molecule has 0 aliphatic rings. The number of aliphatic hydroxyl groups is 1. The van der Waals surface area contributed by atoms with Crippen LogP contribution < -0.4 is 0 Å². The van der Waals surface area contributed by atoms with Crippen molar-refractivity contribution in [3.05, 3.63) is 0 Å². The van der Waals surface area contributed by atoms with Gasteiger partial charge in [0.25, 0.3) is 0 Å². The molecule has 0 fully saturated rings. The maximum Gasteiger partial charge on any atom is 0.472 e. The van der Waals surface area contributed by atoms with E-state index in [1.54, 1.807) is 0 Å². The molecule has 0 heterocycles. The van der Waals surface area contributed by atoms with Gasteiger partial charge in [-0.15, -0.1) is 0 Å². The minimum Gasteiger partial charge on any atom is -0.462 e. The highest BCUT2D eigenvalue weighted by molar-refractivity contribution is 7.47. The number of unbranched alkanes of at least 4 members (excludes halogenated alkanes) is 53. The Morgan fingerprint density at radius 1 is 0.247 bits per heavy atom. The lowest BCUT2D eigenvalue weighted by molar-refractivity contribution is -0.161. The number of ether oxygens (including phenoxy) is 4. The minimum atomic E-state index is -4.96. The van der Waals surface area contributed by atoms with E-state index >= 15 is 0 Å². The average Bonchev–Trinajstić information content (AvgIpc) is 1.85. The Bertz CT molecular complexity index is 1840. The summed E-state index contributed by atoms with van der Waals surface area (Å²) in [5, 5.41) is 10.6. The molecule has 0 rings (SSSR count). The molecule has 576 valence electrons. The van der Waals surface area contributed by atoms with Crippen LogP contribution in [0.25, 0.3) is 0 Å². The second-order valence-electron chi connectivity index (χ2n) is 28.1. The first-order valence-corrected chi connectivity index (χ1v) is 43.8. The van der Waals surface area contributed by atoms with Gasteiger partial charge in [-0.1, -0.05) is 368 Å². The van der Waals surface area contributed by atoms with Crippen molar-refractivity contribution < 1.29 is 80.2 Å². The molecule has 0 aliphatic heterocycles. The minimum absolute atomic E-state index is 0.109. The van der Waals surface area contributed by atoms with Gasteiger partial charge >= 0.3 is 39.5 Å². The van der Waals surface area contributed by atoms with E-state index in [2.05, 4.69) is 27.7 Å². The summed E-state index contributed by atoms with van der Waals surface area (Å²) in [6, 6.07) is 0. The Labute approximate surface area is 594 Å². The Hall–Kier alpha value is -1.94. The van der Waals surface area contributed by atoms with Gasteiger partial charge in [-0.3, -0.25) is 37.3 Å². The lowest BCUT2D eigenvalue weighted by Crippen LogP contribution is -2.30. The molecule has 0 radical (unpaired) electrons. The molecule has 0 aromatic heterocycles. The number of phosphoric ester groups is 2. The summed E-state index contributed by atoms with van der Waals surface area (Å²) in [6.07, 6.45) is 63.6. The molecule has 17 nitrogen and oxygen atoms in total. The van der Waals surface area contributed by atoms with Crippen LogP contribution in [0.3, 0.4) is 0 Å². The van der Waals surface area contributed by atoms with Crippen LogP contribution >= 0.6 is 15.6 Å². The van der Waals surface area contributed by atoms with Crippen molar-refractivity contribution in [3.63, 3.8) is 0 Å². The third-order valence-electron chi connectivity index (χ3n) is 18.4. The third-order valence-corrected chi connectivity index (χ3v) is 20.3. The van der Waals surface area contributed by atoms with Gasteiger partial charge < -0.3 is 33.8 Å². The van der Waals surface area contributed by atoms with Crippen LogP contribution in [0, 0.1) is 0 Å². The normalized spacial score (nSPS) is 13.8. The Kier molecular flexibility index (Phi) is 71.0. The molecule has 0 spiro atoms. The zero-order valence-corrected chi connectivity index (χ0v) is 64.8. The SMILES string of the molecule is CCCCCCCCCCCCCCCCCCCCC(=O)O[C@H](COC(=O)CCCCCCCCCCCCCCC)COP(=O)(O)OC[C@@H](O)COP(=O)(O)OC[C@@H](COC(=O)CCCCCCCCCCCCCCC)OC(=O)CCCCCCCCCCCCCCC. The van der Waals surface area contributed by atoms with Gasteiger partial charge in [-0.2, -0.15) is 0 Å². The van der Waals surface area contributed by atoms with Crippen LogP contribution in [0.4, 0.5) is 0 Å². The van der Waals surface area contributed by atoms with E-state index in [0.717, 1.165) is 89.9 Å². The molecule has 0 bridgehead atoms. The second kappa shape index (κ2) is 72.4. The molecule has 5 atom stereocenters. The lowest BCUT2D eigenvalue weighted by atomic mass is 10.0. The standard InChI is InChI=1S/C78H152O17P2/c1-5-9-13-17-21-25-29-33-34-35-36-37-41-45-49-53-57-61-65-78(83)95-74(69-89-76(81)63-59-55-51-47-43-39-31-27-23-19-15-11-7-3)71-93-97(86,87)91-67-72(79)66-90-96(84,85)92-70-73(94-77(82)64-60-56-52-48-44-40-32-28-24-20-16-12-8-4)68-88-75(80)62-58-54-50-46-42-38-30-26-22-18-14-10-6-2/h72-74,79H,5-71H2,1-4H3,(H,84,85)(H,86,87)/t72-,73+,74+/m0/s1. The third kappa shape index (κ3) is 72.2. The quantitative estimate of drug-likeness (QED) is 0.0222. The maximum atomic E-state index is 13.1. The van der Waals surface area contributed by atoms with E-state index in [1.807, 2.05) is 0 Å². The molecule has 97 heavy (non-hydrogen) atoms. The number of rotatable bonds is 79. The summed E-state index contributed by atoms with van der Waals surface area (Å²) >= 11 is 0. The molecule has 0 aromatic rings. The smallest absolute Gasteiger partial charge is 0.462 e. The maximum absolute atomic E-state index is 13.1. The highest BCUT2D eigenvalue weighted by Crippen LogP contribution is 2.45. The lowest BCUT2D eigenvalue weighted by Gasteiger charge is -2.21. The fraction of sp³-hybridized carbons (Fsp3) is 0.949. The largest absolute Gasteiger partial charge is 0.472 e. The van der Waals surface area contributed by atoms with Gasteiger partial charge in [0.2, 0.25) is 0 Å². The van der Waals surface area contributed by atoms with Crippen LogP contribution in [0.2, 0.25) is 0 Å². The van der Waals surface area contributed by atoms with Gasteiger partial charge in [0.1, 0.15) is 19.3 Å². The first-order chi connectivity index (χ1) is 47.2. The summed E-state index contributed by atoms with van der Waals surface area (Å²) < 4.78 is 68.6. The highest BCUT2D eigenvalue weighted by atomic mass is 31.2.